The van der Waals surface area contributed by atoms with Crippen molar-refractivity contribution in [2.45, 2.75) is 13.5 Å². The number of rotatable bonds is 4. The van der Waals surface area contributed by atoms with Crippen LogP contribution in [0.5, 0.6) is 11.6 Å². The van der Waals surface area contributed by atoms with Crippen LogP contribution in [0, 0.1) is 6.92 Å². The van der Waals surface area contributed by atoms with Crippen LogP contribution in [0.25, 0.3) is 10.7 Å². The van der Waals surface area contributed by atoms with Crippen molar-refractivity contribution in [3.05, 3.63) is 34.6 Å². The normalized spacial score (nSPS) is 10.7. The van der Waals surface area contributed by atoms with E-state index in [1.165, 1.54) is 11.3 Å². The molecule has 0 spiro atoms. The van der Waals surface area contributed by atoms with Gasteiger partial charge < -0.3 is 15.5 Å². The molecule has 23 heavy (non-hydrogen) atoms. The molecule has 0 aromatic carbocycles. The number of nitrogens with one attached hydrogen (secondary N) is 1. The van der Waals surface area contributed by atoms with Gasteiger partial charge in [-0.15, -0.1) is 11.3 Å². The number of carbonyl (C=O) groups excluding carboxylic acids is 1. The molecule has 0 atom stereocenters. The molecule has 3 aromatic rings. The molecule has 0 aliphatic heterocycles. The zero-order valence-electron chi connectivity index (χ0n) is 11.8. The Kier molecular flexibility index (Phi) is 3.89. The van der Waals surface area contributed by atoms with Crippen LogP contribution in [0.4, 0.5) is 0 Å². The van der Waals surface area contributed by atoms with Gasteiger partial charge in [0.15, 0.2) is 11.5 Å². The zero-order chi connectivity index (χ0) is 16.4. The Bertz CT molecular complexity index is 846. The number of hydrogen-bond donors (Lipinski definition) is 3. The summed E-state index contributed by atoms with van der Waals surface area (Å²) >= 11 is 1.34. The predicted octanol–water partition coefficient (Wildman–Crippen LogP) is 1.24. The molecule has 3 heterocycles. The highest BCUT2D eigenvalue weighted by Crippen LogP contribution is 2.30. The molecule has 0 unspecified atom stereocenters. The van der Waals surface area contributed by atoms with Crippen molar-refractivity contribution in [1.82, 2.24) is 25.6 Å². The number of aromatic hydroxyl groups is 2. The molecule has 0 radical (unpaired) electrons. The highest BCUT2D eigenvalue weighted by molar-refractivity contribution is 7.13. The van der Waals surface area contributed by atoms with Crippen LogP contribution in [0.1, 0.15) is 21.9 Å². The van der Waals surface area contributed by atoms with E-state index in [4.69, 9.17) is 0 Å². The van der Waals surface area contributed by atoms with Gasteiger partial charge in [-0.05, 0) is 18.4 Å². The smallest absolute Gasteiger partial charge is 0.274 e. The molecule has 9 nitrogen and oxygen atoms in total. The third-order valence-corrected chi connectivity index (χ3v) is 3.85. The van der Waals surface area contributed by atoms with Gasteiger partial charge in [0.25, 0.3) is 11.8 Å². The Balaban J connectivity index is 1.86. The average molecular weight is 333 g/mol. The number of carbonyl (C=O) groups is 1. The van der Waals surface area contributed by atoms with E-state index in [2.05, 4.69) is 30.2 Å². The lowest BCUT2D eigenvalue weighted by molar-refractivity contribution is 0.0941. The topological polar surface area (TPSA) is 134 Å². The minimum atomic E-state index is -0.683. The van der Waals surface area contributed by atoms with Crippen LogP contribution in [-0.4, -0.2) is 36.4 Å². The Labute approximate surface area is 133 Å². The number of thiophene rings is 1. The Morgan fingerprint density at radius 3 is 2.83 bits per heavy atom. The standard InChI is InChI=1S/C13H11N5O4S/c1-6-7(18-22-17-6)5-14-12(20)9-10(19)13(21)16-11(15-9)8-3-2-4-23-8/h2-4,19H,5H2,1H3,(H,14,20)(H,15,16,21). The summed E-state index contributed by atoms with van der Waals surface area (Å²) in [5.41, 5.74) is 0.670. The van der Waals surface area contributed by atoms with E-state index in [9.17, 15) is 15.0 Å². The predicted molar refractivity (Wildman–Crippen MR) is 78.9 cm³/mol. The Hall–Kier alpha value is -3.01. The van der Waals surface area contributed by atoms with Gasteiger partial charge in [-0.3, -0.25) is 4.79 Å². The second-order valence-corrected chi connectivity index (χ2v) is 5.47. The van der Waals surface area contributed by atoms with Gasteiger partial charge >= 0.3 is 0 Å². The van der Waals surface area contributed by atoms with Gasteiger partial charge in [0.2, 0.25) is 5.75 Å². The molecular formula is C13H11N5O4S. The number of aromatic nitrogens is 4. The van der Waals surface area contributed by atoms with E-state index in [1.807, 2.05) is 5.38 Å². The lowest BCUT2D eigenvalue weighted by atomic mass is 10.3. The van der Waals surface area contributed by atoms with Gasteiger partial charge in [-0.25, -0.2) is 9.61 Å². The monoisotopic (exact) mass is 333 g/mol. The van der Waals surface area contributed by atoms with Crippen molar-refractivity contribution in [1.29, 1.82) is 0 Å². The molecule has 0 aliphatic rings. The van der Waals surface area contributed by atoms with E-state index in [0.29, 0.717) is 16.3 Å². The van der Waals surface area contributed by atoms with Crippen molar-refractivity contribution >= 4 is 17.2 Å². The SMILES string of the molecule is Cc1nonc1CNC(=O)c1nc(-c2cccs2)nc(O)c1O. The molecule has 0 saturated carbocycles. The summed E-state index contributed by atoms with van der Waals surface area (Å²) in [6.07, 6.45) is 0. The van der Waals surface area contributed by atoms with Gasteiger partial charge in [0.05, 0.1) is 11.4 Å². The average Bonchev–Trinajstić information content (AvgIpc) is 3.19. The fourth-order valence-corrected chi connectivity index (χ4v) is 2.43. The summed E-state index contributed by atoms with van der Waals surface area (Å²) in [7, 11) is 0. The Morgan fingerprint density at radius 1 is 1.35 bits per heavy atom. The van der Waals surface area contributed by atoms with Gasteiger partial charge in [-0.2, -0.15) is 4.98 Å². The largest absolute Gasteiger partial charge is 0.501 e. The molecule has 3 rings (SSSR count). The van der Waals surface area contributed by atoms with Crippen molar-refractivity contribution in [2.24, 2.45) is 0 Å². The van der Waals surface area contributed by atoms with Crippen LogP contribution >= 0.6 is 11.3 Å². The molecule has 1 amide bonds. The fraction of sp³-hybridized carbons (Fsp3) is 0.154. The molecule has 10 heteroatoms. The van der Waals surface area contributed by atoms with Gasteiger partial charge in [0.1, 0.15) is 11.4 Å². The summed E-state index contributed by atoms with van der Waals surface area (Å²) in [6.45, 7) is 1.73. The first kappa shape index (κ1) is 14.9. The number of nitrogens with zero attached hydrogens (tertiary/aromatic N) is 4. The maximum absolute atomic E-state index is 12.2. The van der Waals surface area contributed by atoms with Crippen molar-refractivity contribution in [3.8, 4) is 22.3 Å². The van der Waals surface area contributed by atoms with Crippen LogP contribution in [0.15, 0.2) is 22.1 Å². The summed E-state index contributed by atoms with van der Waals surface area (Å²) in [5.74, 6) is -1.87. The minimum absolute atomic E-state index is 0.0483. The molecule has 0 saturated heterocycles. The van der Waals surface area contributed by atoms with Crippen molar-refractivity contribution < 1.29 is 19.6 Å². The number of hydrogen-bond acceptors (Lipinski definition) is 9. The van der Waals surface area contributed by atoms with E-state index in [-0.39, 0.29) is 18.1 Å². The second-order valence-electron chi connectivity index (χ2n) is 4.52. The van der Waals surface area contributed by atoms with Crippen molar-refractivity contribution in [2.75, 3.05) is 0 Å². The summed E-state index contributed by atoms with van der Waals surface area (Å²) < 4.78 is 4.53. The lowest BCUT2D eigenvalue weighted by Crippen LogP contribution is -2.24. The first-order valence-electron chi connectivity index (χ1n) is 6.46. The summed E-state index contributed by atoms with van der Waals surface area (Å²) in [5, 5.41) is 31.1. The molecule has 0 aliphatic carbocycles. The maximum atomic E-state index is 12.2. The van der Waals surface area contributed by atoms with E-state index in [1.54, 1.807) is 19.1 Å². The maximum Gasteiger partial charge on any atom is 0.274 e. The second kappa shape index (κ2) is 6.01. The molecular weight excluding hydrogens is 322 g/mol. The molecule has 0 fully saturated rings. The molecule has 3 N–H and O–H groups in total. The fourth-order valence-electron chi connectivity index (χ4n) is 1.77. The number of amides is 1. The Morgan fingerprint density at radius 2 is 2.17 bits per heavy atom. The lowest BCUT2D eigenvalue weighted by Gasteiger charge is -2.07. The quantitative estimate of drug-likeness (QED) is 0.649. The van der Waals surface area contributed by atoms with E-state index in [0.717, 1.165) is 0 Å². The highest BCUT2D eigenvalue weighted by atomic mass is 32.1. The first-order chi connectivity index (χ1) is 11.1. The third-order valence-electron chi connectivity index (χ3n) is 2.99. The highest BCUT2D eigenvalue weighted by Gasteiger charge is 2.21. The molecule has 0 bridgehead atoms. The third kappa shape index (κ3) is 2.97. The van der Waals surface area contributed by atoms with Crippen LogP contribution in [0.2, 0.25) is 0 Å². The van der Waals surface area contributed by atoms with Crippen molar-refractivity contribution in [3.63, 3.8) is 0 Å². The summed E-state index contributed by atoms with van der Waals surface area (Å²) in [6, 6.07) is 3.52. The van der Waals surface area contributed by atoms with E-state index < -0.39 is 17.5 Å². The zero-order valence-corrected chi connectivity index (χ0v) is 12.7. The van der Waals surface area contributed by atoms with Gasteiger partial charge in [0, 0.05) is 0 Å². The van der Waals surface area contributed by atoms with E-state index >= 15 is 0 Å². The molecule has 118 valence electrons. The summed E-state index contributed by atoms with van der Waals surface area (Å²) in [4.78, 5) is 20.6. The minimum Gasteiger partial charge on any atom is -0.501 e. The van der Waals surface area contributed by atoms with Crippen LogP contribution in [-0.2, 0) is 6.54 Å². The van der Waals surface area contributed by atoms with Gasteiger partial charge in [-0.1, -0.05) is 16.4 Å². The first-order valence-corrected chi connectivity index (χ1v) is 7.34. The number of aryl methyl sites for hydroxylation is 1. The van der Waals surface area contributed by atoms with Crippen LogP contribution < -0.4 is 5.32 Å². The molecule has 3 aromatic heterocycles. The van der Waals surface area contributed by atoms with Crippen LogP contribution in [0.3, 0.4) is 0 Å².